The van der Waals surface area contributed by atoms with E-state index in [4.69, 9.17) is 4.74 Å². The fourth-order valence-electron chi connectivity index (χ4n) is 4.36. The van der Waals surface area contributed by atoms with Gasteiger partial charge in [0.25, 0.3) is 0 Å². The van der Waals surface area contributed by atoms with Crippen LogP contribution in [-0.2, 0) is 0 Å². The van der Waals surface area contributed by atoms with E-state index < -0.39 is 0 Å². The molecule has 2 fully saturated rings. The summed E-state index contributed by atoms with van der Waals surface area (Å²) in [5.41, 5.74) is 1.74. The van der Waals surface area contributed by atoms with Crippen molar-refractivity contribution in [3.05, 3.63) is 36.8 Å². The number of amides is 1. The Balaban J connectivity index is 1.35. The zero-order chi connectivity index (χ0) is 20.8. The maximum atomic E-state index is 12.9. The van der Waals surface area contributed by atoms with Crippen LogP contribution in [0.2, 0.25) is 0 Å². The third-order valence-electron chi connectivity index (χ3n) is 6.24. The lowest BCUT2D eigenvalue weighted by atomic mass is 9.95. The minimum atomic E-state index is -0.0101. The second-order valence-corrected chi connectivity index (χ2v) is 8.32. The van der Waals surface area contributed by atoms with Gasteiger partial charge in [-0.3, -0.25) is 9.47 Å². The van der Waals surface area contributed by atoms with Crippen molar-refractivity contribution in [1.82, 2.24) is 24.7 Å². The van der Waals surface area contributed by atoms with Crippen LogP contribution in [0.1, 0.15) is 32.1 Å². The van der Waals surface area contributed by atoms with Gasteiger partial charge in [-0.05, 0) is 25.0 Å². The molecule has 162 valence electrons. The molecule has 1 amide bonds. The number of carbonyl (C=O) groups excluding carboxylic acids is 1. The van der Waals surface area contributed by atoms with Crippen molar-refractivity contribution < 1.29 is 9.53 Å². The van der Waals surface area contributed by atoms with E-state index in [1.807, 2.05) is 42.4 Å². The minimum absolute atomic E-state index is 0.0101. The number of piperazine rings is 1. The van der Waals surface area contributed by atoms with Crippen LogP contribution in [0.5, 0.6) is 5.75 Å². The zero-order valence-electron chi connectivity index (χ0n) is 17.9. The maximum Gasteiger partial charge on any atom is 0.329 e. The molecule has 0 bridgehead atoms. The highest BCUT2D eigenvalue weighted by Gasteiger charge is 2.23. The number of nitrogens with zero attached hydrogens (tertiary/aromatic N) is 4. The van der Waals surface area contributed by atoms with Crippen molar-refractivity contribution in [2.45, 2.75) is 38.1 Å². The summed E-state index contributed by atoms with van der Waals surface area (Å²) in [5, 5.41) is 3.37. The lowest BCUT2D eigenvalue weighted by Crippen LogP contribution is -2.44. The monoisotopic (exact) mass is 411 g/mol. The topological polar surface area (TPSA) is 62.6 Å². The molecule has 1 saturated carbocycles. The van der Waals surface area contributed by atoms with Crippen molar-refractivity contribution in [1.29, 1.82) is 0 Å². The van der Waals surface area contributed by atoms with Crippen LogP contribution >= 0.6 is 0 Å². The fourth-order valence-corrected chi connectivity index (χ4v) is 4.36. The van der Waals surface area contributed by atoms with E-state index in [1.165, 1.54) is 19.3 Å². The van der Waals surface area contributed by atoms with Crippen LogP contribution < -0.4 is 10.1 Å². The van der Waals surface area contributed by atoms with Gasteiger partial charge in [0, 0.05) is 57.6 Å². The third-order valence-corrected chi connectivity index (χ3v) is 6.24. The molecule has 1 aromatic heterocycles. The number of nitrogens with one attached hydrogen (secondary N) is 1. The summed E-state index contributed by atoms with van der Waals surface area (Å²) in [7, 11) is 1.91. The number of rotatable bonds is 6. The average molecular weight is 412 g/mol. The summed E-state index contributed by atoms with van der Waals surface area (Å²) in [6.07, 6.45) is 9.32. The highest BCUT2D eigenvalue weighted by atomic mass is 16.5. The first-order valence-electron chi connectivity index (χ1n) is 11.2. The number of imidazole rings is 1. The Morgan fingerprint density at radius 3 is 2.83 bits per heavy atom. The molecule has 0 spiro atoms. The lowest BCUT2D eigenvalue weighted by molar-refractivity contribution is 0.175. The first-order valence-corrected chi connectivity index (χ1v) is 11.2. The van der Waals surface area contributed by atoms with Crippen LogP contribution in [0, 0.1) is 0 Å². The van der Waals surface area contributed by atoms with Gasteiger partial charge in [-0.2, -0.15) is 0 Å². The summed E-state index contributed by atoms with van der Waals surface area (Å²) < 4.78 is 7.57. The lowest BCUT2D eigenvalue weighted by Gasteiger charge is -2.31. The van der Waals surface area contributed by atoms with E-state index in [-0.39, 0.29) is 6.03 Å². The molecule has 7 heteroatoms. The van der Waals surface area contributed by atoms with Gasteiger partial charge in [-0.1, -0.05) is 31.4 Å². The fraction of sp³-hybridized carbons (Fsp3) is 0.565. The summed E-state index contributed by atoms with van der Waals surface area (Å²) in [6.45, 7) is 5.85. The molecule has 1 saturated heterocycles. The molecule has 1 aliphatic heterocycles. The van der Waals surface area contributed by atoms with Crippen molar-refractivity contribution in [3.8, 4) is 17.0 Å². The molecule has 30 heavy (non-hydrogen) atoms. The molecule has 4 rings (SSSR count). The van der Waals surface area contributed by atoms with Gasteiger partial charge >= 0.3 is 6.03 Å². The first-order chi connectivity index (χ1) is 14.7. The Labute approximate surface area is 179 Å². The number of hydrogen-bond donors (Lipinski definition) is 1. The molecule has 0 radical (unpaired) electrons. The Morgan fingerprint density at radius 1 is 1.23 bits per heavy atom. The van der Waals surface area contributed by atoms with Crippen molar-refractivity contribution in [2.75, 3.05) is 46.4 Å². The largest absolute Gasteiger partial charge is 0.492 e. The quantitative estimate of drug-likeness (QED) is 0.792. The van der Waals surface area contributed by atoms with Crippen LogP contribution in [0.4, 0.5) is 4.79 Å². The number of hydrogen-bond acceptors (Lipinski definition) is 5. The predicted octanol–water partition coefficient (Wildman–Crippen LogP) is 3.07. The summed E-state index contributed by atoms with van der Waals surface area (Å²) in [5.74, 6) is 0.836. The summed E-state index contributed by atoms with van der Waals surface area (Å²) in [4.78, 5) is 21.6. The molecule has 1 aliphatic carbocycles. The van der Waals surface area contributed by atoms with Gasteiger partial charge in [0.2, 0.25) is 0 Å². The van der Waals surface area contributed by atoms with Gasteiger partial charge in [0.05, 0.1) is 5.69 Å². The predicted molar refractivity (Wildman–Crippen MR) is 118 cm³/mol. The Hall–Kier alpha value is -2.38. The first kappa shape index (κ1) is 20.9. The van der Waals surface area contributed by atoms with E-state index in [2.05, 4.69) is 15.2 Å². The molecular weight excluding hydrogens is 378 g/mol. The van der Waals surface area contributed by atoms with E-state index in [0.29, 0.717) is 12.6 Å². The smallest absolute Gasteiger partial charge is 0.329 e. The highest BCUT2D eigenvalue weighted by molar-refractivity contribution is 5.78. The zero-order valence-corrected chi connectivity index (χ0v) is 17.9. The van der Waals surface area contributed by atoms with Crippen LogP contribution in [0.3, 0.4) is 0 Å². The third kappa shape index (κ3) is 5.21. The van der Waals surface area contributed by atoms with E-state index >= 15 is 0 Å². The summed E-state index contributed by atoms with van der Waals surface area (Å²) in [6, 6.07) is 8.28. The SMILES string of the molecule is CN(C(=O)n1cnc(-c2cccc(OCCN3CCNCC3)c2)c1)C1CCCCC1. The van der Waals surface area contributed by atoms with E-state index in [1.54, 1.807) is 10.9 Å². The van der Waals surface area contributed by atoms with E-state index in [0.717, 1.165) is 62.6 Å². The standard InChI is InChI=1S/C23H33N5O2/c1-26(20-7-3-2-4-8-20)23(29)28-17-22(25-18-28)19-6-5-9-21(16-19)30-15-14-27-12-10-24-11-13-27/h5-6,9,16-18,20,24H,2-4,7-8,10-15H2,1H3. The molecule has 2 heterocycles. The Morgan fingerprint density at radius 2 is 2.03 bits per heavy atom. The van der Waals surface area contributed by atoms with Gasteiger partial charge < -0.3 is 15.0 Å². The number of aromatic nitrogens is 2. The number of carbonyl (C=O) groups is 1. The molecular formula is C23H33N5O2. The average Bonchev–Trinajstić information content (AvgIpc) is 3.30. The van der Waals surface area contributed by atoms with Crippen molar-refractivity contribution in [3.63, 3.8) is 0 Å². The van der Waals surface area contributed by atoms with Crippen LogP contribution in [0.25, 0.3) is 11.3 Å². The van der Waals surface area contributed by atoms with Crippen molar-refractivity contribution >= 4 is 6.03 Å². The number of ether oxygens (including phenoxy) is 1. The van der Waals surface area contributed by atoms with Gasteiger partial charge in [0.1, 0.15) is 18.7 Å². The molecule has 1 aromatic carbocycles. The molecule has 0 unspecified atom stereocenters. The second-order valence-electron chi connectivity index (χ2n) is 8.32. The van der Waals surface area contributed by atoms with Gasteiger partial charge in [-0.25, -0.2) is 9.78 Å². The molecule has 2 aromatic rings. The molecule has 7 nitrogen and oxygen atoms in total. The molecule has 0 atom stereocenters. The minimum Gasteiger partial charge on any atom is -0.492 e. The Bertz CT molecular complexity index is 825. The normalized spacial score (nSPS) is 18.3. The maximum absolute atomic E-state index is 12.9. The highest BCUT2D eigenvalue weighted by Crippen LogP contribution is 2.24. The number of benzene rings is 1. The van der Waals surface area contributed by atoms with Crippen LogP contribution in [0.15, 0.2) is 36.8 Å². The van der Waals surface area contributed by atoms with Gasteiger partial charge in [0.15, 0.2) is 0 Å². The molecule has 1 N–H and O–H groups in total. The second kappa shape index (κ2) is 10.1. The molecule has 2 aliphatic rings. The van der Waals surface area contributed by atoms with Crippen molar-refractivity contribution in [2.24, 2.45) is 0 Å². The Kier molecular flexibility index (Phi) is 7.02. The van der Waals surface area contributed by atoms with Crippen LogP contribution in [-0.4, -0.2) is 77.8 Å². The van der Waals surface area contributed by atoms with Gasteiger partial charge in [-0.15, -0.1) is 0 Å². The van der Waals surface area contributed by atoms with E-state index in [9.17, 15) is 4.79 Å². The summed E-state index contributed by atoms with van der Waals surface area (Å²) >= 11 is 0.